The molecule has 1 aromatic rings. The molecule has 16 heavy (non-hydrogen) atoms. The molecule has 92 valence electrons. The van der Waals surface area contributed by atoms with Gasteiger partial charge in [0.05, 0.1) is 5.69 Å². The first kappa shape index (κ1) is 13.4. The molecule has 1 heterocycles. The fourth-order valence-corrected chi connectivity index (χ4v) is 1.97. The summed E-state index contributed by atoms with van der Waals surface area (Å²) < 4.78 is 13.1. The standard InChI is InChI=1S/C11H21N3OS/c1-4-16(15)8-6-12-9-11-5-7-14(13-11)10(2)3/h5,7,10,12H,4,6,8-9H2,1-3H3. The van der Waals surface area contributed by atoms with Crippen LogP contribution in [0.2, 0.25) is 0 Å². The van der Waals surface area contributed by atoms with E-state index in [2.05, 4.69) is 24.3 Å². The molecule has 4 nitrogen and oxygen atoms in total. The van der Waals surface area contributed by atoms with Crippen molar-refractivity contribution in [1.29, 1.82) is 0 Å². The van der Waals surface area contributed by atoms with Gasteiger partial charge in [0.15, 0.2) is 0 Å². The molecule has 0 amide bonds. The molecule has 0 aliphatic rings. The molecule has 0 radical (unpaired) electrons. The first-order valence-corrected chi connectivity index (χ1v) is 7.22. The summed E-state index contributed by atoms with van der Waals surface area (Å²) in [5.41, 5.74) is 1.04. The third kappa shape index (κ3) is 4.45. The zero-order valence-electron chi connectivity index (χ0n) is 10.3. The van der Waals surface area contributed by atoms with Gasteiger partial charge in [-0.15, -0.1) is 0 Å². The van der Waals surface area contributed by atoms with Gasteiger partial charge in [-0.2, -0.15) is 5.10 Å². The van der Waals surface area contributed by atoms with Crippen LogP contribution in [0.4, 0.5) is 0 Å². The van der Waals surface area contributed by atoms with Crippen LogP contribution in [-0.4, -0.2) is 32.0 Å². The van der Waals surface area contributed by atoms with Crippen molar-refractivity contribution in [3.63, 3.8) is 0 Å². The average Bonchev–Trinajstić information content (AvgIpc) is 2.72. The molecular weight excluding hydrogens is 222 g/mol. The molecule has 0 aromatic carbocycles. The Morgan fingerprint density at radius 2 is 2.31 bits per heavy atom. The van der Waals surface area contributed by atoms with Crippen LogP contribution >= 0.6 is 0 Å². The fraction of sp³-hybridized carbons (Fsp3) is 0.727. The Balaban J connectivity index is 2.24. The van der Waals surface area contributed by atoms with E-state index in [0.29, 0.717) is 6.04 Å². The molecule has 0 saturated heterocycles. The predicted octanol–water partition coefficient (Wildman–Crippen LogP) is 1.32. The summed E-state index contributed by atoms with van der Waals surface area (Å²) in [5, 5.41) is 7.68. The molecule has 1 aromatic heterocycles. The highest BCUT2D eigenvalue weighted by Gasteiger charge is 2.01. The van der Waals surface area contributed by atoms with E-state index in [9.17, 15) is 4.21 Å². The minimum Gasteiger partial charge on any atom is -0.310 e. The summed E-state index contributed by atoms with van der Waals surface area (Å²) in [4.78, 5) is 0. The average molecular weight is 243 g/mol. The summed E-state index contributed by atoms with van der Waals surface area (Å²) in [6.45, 7) is 7.69. The van der Waals surface area contributed by atoms with Crippen LogP contribution in [0.5, 0.6) is 0 Å². The van der Waals surface area contributed by atoms with Gasteiger partial charge in [-0.3, -0.25) is 8.89 Å². The van der Waals surface area contributed by atoms with Crippen molar-refractivity contribution >= 4 is 10.8 Å². The van der Waals surface area contributed by atoms with E-state index in [-0.39, 0.29) is 0 Å². The first-order valence-electron chi connectivity index (χ1n) is 5.73. The van der Waals surface area contributed by atoms with Crippen molar-refractivity contribution < 1.29 is 4.21 Å². The van der Waals surface area contributed by atoms with Gasteiger partial charge in [-0.05, 0) is 19.9 Å². The minimum atomic E-state index is -0.675. The normalized spacial score (nSPS) is 13.2. The fourth-order valence-electron chi connectivity index (χ4n) is 1.31. The Kier molecular flexibility index (Phi) is 5.69. The lowest BCUT2D eigenvalue weighted by Crippen LogP contribution is -2.21. The van der Waals surface area contributed by atoms with Gasteiger partial charge >= 0.3 is 0 Å². The molecule has 5 heteroatoms. The maximum atomic E-state index is 11.2. The van der Waals surface area contributed by atoms with E-state index in [1.165, 1.54) is 0 Å². The molecule has 0 aliphatic heterocycles. The monoisotopic (exact) mass is 243 g/mol. The molecule has 0 spiro atoms. The number of nitrogens with zero attached hydrogens (tertiary/aromatic N) is 2. The highest BCUT2D eigenvalue weighted by atomic mass is 32.2. The zero-order valence-corrected chi connectivity index (χ0v) is 11.1. The summed E-state index contributed by atoms with van der Waals surface area (Å²) in [5.74, 6) is 1.46. The lowest BCUT2D eigenvalue weighted by atomic mass is 10.4. The number of hydrogen-bond donors (Lipinski definition) is 1. The molecule has 0 saturated carbocycles. The highest BCUT2D eigenvalue weighted by Crippen LogP contribution is 2.03. The van der Waals surface area contributed by atoms with Crippen molar-refractivity contribution in [2.24, 2.45) is 0 Å². The summed E-state index contributed by atoms with van der Waals surface area (Å²) >= 11 is 0. The van der Waals surface area contributed by atoms with E-state index >= 15 is 0 Å². The Morgan fingerprint density at radius 1 is 1.56 bits per heavy atom. The Morgan fingerprint density at radius 3 is 2.88 bits per heavy atom. The molecule has 0 fully saturated rings. The topological polar surface area (TPSA) is 46.9 Å². The maximum Gasteiger partial charge on any atom is 0.0762 e. The van der Waals surface area contributed by atoms with Gasteiger partial charge in [-0.25, -0.2) is 0 Å². The van der Waals surface area contributed by atoms with E-state index in [0.717, 1.165) is 30.3 Å². The quantitative estimate of drug-likeness (QED) is 0.735. The van der Waals surface area contributed by atoms with Crippen molar-refractivity contribution in [3.8, 4) is 0 Å². The van der Waals surface area contributed by atoms with Crippen LogP contribution in [0.15, 0.2) is 12.3 Å². The van der Waals surface area contributed by atoms with Gasteiger partial charge in [0.2, 0.25) is 0 Å². The minimum absolute atomic E-state index is 0.404. The Bertz CT molecular complexity index is 336. The summed E-state index contributed by atoms with van der Waals surface area (Å²) in [6.07, 6.45) is 1.99. The maximum absolute atomic E-state index is 11.2. The van der Waals surface area contributed by atoms with E-state index in [4.69, 9.17) is 0 Å². The third-order valence-corrected chi connectivity index (χ3v) is 3.63. The number of nitrogens with one attached hydrogen (secondary N) is 1. The van der Waals surface area contributed by atoms with Crippen molar-refractivity contribution in [2.75, 3.05) is 18.1 Å². The largest absolute Gasteiger partial charge is 0.310 e. The second-order valence-corrected chi connectivity index (χ2v) is 5.86. The molecule has 1 rings (SSSR count). The highest BCUT2D eigenvalue weighted by molar-refractivity contribution is 7.84. The van der Waals surface area contributed by atoms with Gasteiger partial charge in [0.25, 0.3) is 0 Å². The third-order valence-electron chi connectivity index (χ3n) is 2.33. The van der Waals surface area contributed by atoms with Gasteiger partial charge < -0.3 is 5.32 Å². The SMILES string of the molecule is CCS(=O)CCNCc1ccn(C(C)C)n1. The summed E-state index contributed by atoms with van der Waals surface area (Å²) in [7, 11) is -0.675. The van der Waals surface area contributed by atoms with Crippen molar-refractivity contribution in [3.05, 3.63) is 18.0 Å². The predicted molar refractivity (Wildman–Crippen MR) is 67.9 cm³/mol. The van der Waals surface area contributed by atoms with Crippen molar-refractivity contribution in [2.45, 2.75) is 33.4 Å². The molecular formula is C11H21N3OS. The van der Waals surface area contributed by atoms with E-state index in [1.54, 1.807) is 0 Å². The molecule has 1 N–H and O–H groups in total. The van der Waals surface area contributed by atoms with Gasteiger partial charge in [0, 0.05) is 47.6 Å². The molecule has 1 unspecified atom stereocenters. The van der Waals surface area contributed by atoms with Crippen LogP contribution in [-0.2, 0) is 17.3 Å². The lowest BCUT2D eigenvalue weighted by molar-refractivity contribution is 0.522. The van der Waals surface area contributed by atoms with Crippen LogP contribution in [0.3, 0.4) is 0 Å². The molecule has 1 atom stereocenters. The van der Waals surface area contributed by atoms with Crippen LogP contribution in [0, 0.1) is 0 Å². The smallest absolute Gasteiger partial charge is 0.0762 e. The summed E-state index contributed by atoms with van der Waals surface area (Å²) in [6, 6.07) is 2.42. The van der Waals surface area contributed by atoms with E-state index in [1.807, 2.05) is 23.9 Å². The number of hydrogen-bond acceptors (Lipinski definition) is 3. The lowest BCUT2D eigenvalue weighted by Gasteiger charge is -2.04. The van der Waals surface area contributed by atoms with Crippen LogP contribution in [0.1, 0.15) is 32.5 Å². The Labute approximate surface area is 99.9 Å². The van der Waals surface area contributed by atoms with E-state index < -0.39 is 10.8 Å². The number of aromatic nitrogens is 2. The van der Waals surface area contributed by atoms with Crippen LogP contribution < -0.4 is 5.32 Å². The second-order valence-electron chi connectivity index (χ2n) is 3.99. The Hall–Kier alpha value is -0.680. The number of rotatable bonds is 7. The molecule has 0 aliphatic carbocycles. The zero-order chi connectivity index (χ0) is 12.0. The van der Waals surface area contributed by atoms with Gasteiger partial charge in [-0.1, -0.05) is 6.92 Å². The van der Waals surface area contributed by atoms with Crippen LogP contribution in [0.25, 0.3) is 0 Å². The first-order chi connectivity index (χ1) is 7.63. The van der Waals surface area contributed by atoms with Crippen molar-refractivity contribution in [1.82, 2.24) is 15.1 Å². The second kappa shape index (κ2) is 6.81. The molecule has 0 bridgehead atoms. The van der Waals surface area contributed by atoms with Gasteiger partial charge in [0.1, 0.15) is 0 Å².